The molecule has 15 nitrogen and oxygen atoms in total. The van der Waals surface area contributed by atoms with Crippen LogP contribution < -0.4 is 27.4 Å². The van der Waals surface area contributed by atoms with E-state index in [2.05, 4.69) is 10.6 Å². The Hall–Kier alpha value is -3.30. The molecule has 0 aliphatic carbocycles. The van der Waals surface area contributed by atoms with Gasteiger partial charge >= 0.3 is 17.9 Å². The minimum atomic E-state index is -1.77. The molecule has 11 N–H and O–H groups in total. The Kier molecular flexibility index (Phi) is 13.9. The van der Waals surface area contributed by atoms with Crippen molar-refractivity contribution in [3.05, 3.63) is 0 Å². The maximum absolute atomic E-state index is 12.6. The summed E-state index contributed by atoms with van der Waals surface area (Å²) in [6, 6.07) is -6.01. The van der Waals surface area contributed by atoms with Gasteiger partial charge in [0.05, 0.1) is 19.1 Å². The smallest absolute Gasteiger partial charge is 0.328 e. The fourth-order valence-corrected chi connectivity index (χ4v) is 2.57. The van der Waals surface area contributed by atoms with E-state index < -0.39 is 85.7 Å². The summed E-state index contributed by atoms with van der Waals surface area (Å²) in [5.41, 5.74) is 11.1. The van der Waals surface area contributed by atoms with E-state index in [-0.39, 0.29) is 6.42 Å². The number of unbranched alkanes of at least 4 members (excludes halogenated alkanes) is 1. The van der Waals surface area contributed by atoms with Crippen LogP contribution in [0.5, 0.6) is 0 Å². The Labute approximate surface area is 188 Å². The summed E-state index contributed by atoms with van der Waals surface area (Å²) in [5.74, 6) is -7.43. The number of nitrogens with one attached hydrogen (secondary N) is 3. The number of nitrogens with two attached hydrogens (primary N) is 2. The van der Waals surface area contributed by atoms with Gasteiger partial charge in [0.2, 0.25) is 17.7 Å². The van der Waals surface area contributed by atoms with Crippen LogP contribution in [-0.2, 0) is 28.8 Å². The van der Waals surface area contributed by atoms with Crippen LogP contribution in [-0.4, -0.2) is 93.4 Å². The summed E-state index contributed by atoms with van der Waals surface area (Å²) in [7, 11) is 0. The summed E-state index contributed by atoms with van der Waals surface area (Å²) in [4.78, 5) is 70.2. The molecule has 0 aromatic rings. The molecule has 0 radical (unpaired) electrons. The molecule has 0 fully saturated rings. The SMILES string of the molecule is NCCCCC(N)C(=O)NC(CCC(=O)O)C(=O)NC(CC(=O)O)C(=O)NC(CO)C(=O)O. The van der Waals surface area contributed by atoms with Crippen molar-refractivity contribution in [3.8, 4) is 0 Å². The standard InChI is InChI=1S/C18H31N5O10/c19-6-2-1-3-9(20)15(29)21-10(4-5-13(25)26)16(30)22-11(7-14(27)28)17(31)23-12(8-24)18(32)33/h9-12,24H,1-8,19-20H2,(H,21,29)(H,22,30)(H,23,31)(H,25,26)(H,27,28)(H,32,33). The number of aliphatic carboxylic acids is 3. The van der Waals surface area contributed by atoms with Gasteiger partial charge in [0.25, 0.3) is 0 Å². The fourth-order valence-electron chi connectivity index (χ4n) is 2.57. The van der Waals surface area contributed by atoms with Gasteiger partial charge < -0.3 is 47.8 Å². The van der Waals surface area contributed by atoms with Gasteiger partial charge in [-0.2, -0.15) is 0 Å². The van der Waals surface area contributed by atoms with E-state index in [4.69, 9.17) is 31.9 Å². The van der Waals surface area contributed by atoms with E-state index in [0.29, 0.717) is 19.4 Å². The van der Waals surface area contributed by atoms with Crippen LogP contribution in [0.3, 0.4) is 0 Å². The molecule has 15 heteroatoms. The second-order valence-electron chi connectivity index (χ2n) is 7.13. The maximum atomic E-state index is 12.6. The van der Waals surface area contributed by atoms with Gasteiger partial charge in [0.1, 0.15) is 18.1 Å². The van der Waals surface area contributed by atoms with Gasteiger partial charge in [-0.25, -0.2) is 4.79 Å². The van der Waals surface area contributed by atoms with Crippen molar-refractivity contribution in [1.29, 1.82) is 0 Å². The van der Waals surface area contributed by atoms with E-state index in [0.717, 1.165) is 0 Å². The van der Waals surface area contributed by atoms with Crippen molar-refractivity contribution < 1.29 is 49.2 Å². The van der Waals surface area contributed by atoms with Crippen molar-refractivity contribution >= 4 is 35.6 Å². The van der Waals surface area contributed by atoms with Crippen LogP contribution in [0.4, 0.5) is 0 Å². The fraction of sp³-hybridized carbons (Fsp3) is 0.667. The lowest BCUT2D eigenvalue weighted by molar-refractivity contribution is -0.144. The number of rotatable bonds is 17. The Morgan fingerprint density at radius 1 is 0.727 bits per heavy atom. The van der Waals surface area contributed by atoms with Crippen LogP contribution in [0.2, 0.25) is 0 Å². The number of aliphatic hydroxyl groups excluding tert-OH is 1. The number of aliphatic hydroxyl groups is 1. The van der Waals surface area contributed by atoms with Crippen LogP contribution in [0, 0.1) is 0 Å². The molecular weight excluding hydrogens is 446 g/mol. The summed E-state index contributed by atoms with van der Waals surface area (Å²) in [6.07, 6.45) is -0.485. The van der Waals surface area contributed by atoms with Gasteiger partial charge in [-0.15, -0.1) is 0 Å². The Morgan fingerprint density at radius 2 is 1.27 bits per heavy atom. The zero-order valence-electron chi connectivity index (χ0n) is 17.9. The number of carboxylic acid groups (broad SMARTS) is 3. The molecule has 0 saturated heterocycles. The lowest BCUT2D eigenvalue weighted by Gasteiger charge is -2.24. The van der Waals surface area contributed by atoms with Crippen LogP contribution in [0.15, 0.2) is 0 Å². The van der Waals surface area contributed by atoms with E-state index in [1.807, 2.05) is 5.32 Å². The molecule has 3 amide bonds. The second-order valence-corrected chi connectivity index (χ2v) is 7.13. The maximum Gasteiger partial charge on any atom is 0.328 e. The molecule has 0 saturated carbocycles. The summed E-state index contributed by atoms with van der Waals surface area (Å²) >= 11 is 0. The van der Waals surface area contributed by atoms with Gasteiger partial charge in [-0.3, -0.25) is 24.0 Å². The average Bonchev–Trinajstić information content (AvgIpc) is 2.73. The van der Waals surface area contributed by atoms with E-state index in [1.54, 1.807) is 0 Å². The summed E-state index contributed by atoms with van der Waals surface area (Å²) in [6.45, 7) is -0.599. The van der Waals surface area contributed by atoms with Crippen LogP contribution in [0.1, 0.15) is 38.5 Å². The third kappa shape index (κ3) is 12.4. The normalized spacial score (nSPS) is 14.3. The quantitative estimate of drug-likeness (QED) is 0.0916. The largest absolute Gasteiger partial charge is 0.481 e. The highest BCUT2D eigenvalue weighted by molar-refractivity contribution is 5.95. The first kappa shape index (κ1) is 29.7. The highest BCUT2D eigenvalue weighted by atomic mass is 16.4. The van der Waals surface area contributed by atoms with Crippen LogP contribution >= 0.6 is 0 Å². The number of carbonyl (C=O) groups excluding carboxylic acids is 3. The average molecular weight is 477 g/mol. The van der Waals surface area contributed by atoms with Crippen molar-refractivity contribution in [2.75, 3.05) is 13.2 Å². The summed E-state index contributed by atoms with van der Waals surface area (Å²) < 4.78 is 0. The van der Waals surface area contributed by atoms with E-state index in [1.165, 1.54) is 0 Å². The molecule has 0 aromatic heterocycles. The Morgan fingerprint density at radius 3 is 1.76 bits per heavy atom. The van der Waals surface area contributed by atoms with Gasteiger partial charge in [0.15, 0.2) is 0 Å². The molecule has 33 heavy (non-hydrogen) atoms. The first-order valence-corrected chi connectivity index (χ1v) is 10.1. The Balaban J connectivity index is 5.42. The number of carboxylic acids is 3. The van der Waals surface area contributed by atoms with Gasteiger partial charge in [-0.05, 0) is 25.8 Å². The van der Waals surface area contributed by atoms with Gasteiger partial charge in [0, 0.05) is 6.42 Å². The third-order valence-electron chi connectivity index (χ3n) is 4.39. The zero-order chi connectivity index (χ0) is 25.6. The molecule has 0 heterocycles. The molecule has 4 atom stereocenters. The molecule has 0 aromatic carbocycles. The Bertz CT molecular complexity index is 717. The first-order chi connectivity index (χ1) is 15.4. The lowest BCUT2D eigenvalue weighted by atomic mass is 10.1. The zero-order valence-corrected chi connectivity index (χ0v) is 17.9. The molecule has 0 rings (SSSR count). The van der Waals surface area contributed by atoms with Crippen molar-refractivity contribution in [2.24, 2.45) is 11.5 Å². The molecule has 4 unspecified atom stereocenters. The molecule has 0 spiro atoms. The number of hydrogen-bond acceptors (Lipinski definition) is 9. The second kappa shape index (κ2) is 15.5. The predicted octanol–water partition coefficient (Wildman–Crippen LogP) is -3.69. The summed E-state index contributed by atoms with van der Waals surface area (Å²) in [5, 5.41) is 42.0. The van der Waals surface area contributed by atoms with Crippen molar-refractivity contribution in [3.63, 3.8) is 0 Å². The predicted molar refractivity (Wildman–Crippen MR) is 111 cm³/mol. The lowest BCUT2D eigenvalue weighted by Crippen LogP contribution is -2.57. The van der Waals surface area contributed by atoms with Crippen LogP contribution in [0.25, 0.3) is 0 Å². The number of amides is 3. The minimum Gasteiger partial charge on any atom is -0.481 e. The van der Waals surface area contributed by atoms with Crippen molar-refractivity contribution in [2.45, 2.75) is 62.7 Å². The van der Waals surface area contributed by atoms with Crippen molar-refractivity contribution in [1.82, 2.24) is 16.0 Å². The first-order valence-electron chi connectivity index (χ1n) is 10.1. The molecule has 188 valence electrons. The highest BCUT2D eigenvalue weighted by Gasteiger charge is 2.31. The molecule has 0 bridgehead atoms. The molecular formula is C18H31N5O10. The monoisotopic (exact) mass is 477 g/mol. The molecule has 0 aliphatic rings. The molecule has 0 aliphatic heterocycles. The minimum absolute atomic E-state index is 0.248. The van der Waals surface area contributed by atoms with Gasteiger partial charge in [-0.1, -0.05) is 6.42 Å². The number of hydrogen-bond donors (Lipinski definition) is 9. The number of carbonyl (C=O) groups is 6. The third-order valence-corrected chi connectivity index (χ3v) is 4.39. The van der Waals surface area contributed by atoms with E-state index >= 15 is 0 Å². The van der Waals surface area contributed by atoms with E-state index in [9.17, 15) is 28.8 Å². The topological polar surface area (TPSA) is 271 Å². The highest BCUT2D eigenvalue weighted by Crippen LogP contribution is 2.04.